The molecule has 0 radical (unpaired) electrons. The zero-order valence-corrected chi connectivity index (χ0v) is 8.89. The molecule has 0 aromatic carbocycles. The van der Waals surface area contributed by atoms with Gasteiger partial charge in [-0.25, -0.2) is 14.8 Å². The highest BCUT2D eigenvalue weighted by molar-refractivity contribution is 6.30. The molecule has 2 rings (SSSR count). The Morgan fingerprint density at radius 3 is 2.69 bits per heavy atom. The second kappa shape index (κ2) is 4.05. The van der Waals surface area contributed by atoms with Crippen LogP contribution in [0.25, 0.3) is 0 Å². The molecule has 1 aliphatic rings. The summed E-state index contributed by atoms with van der Waals surface area (Å²) in [6, 6.07) is -0.881. The Hall–Kier alpha value is -1.69. The minimum absolute atomic E-state index is 0.0827. The van der Waals surface area contributed by atoms with E-state index in [1.54, 1.807) is 0 Å². The molecule has 1 atom stereocenters. The molecule has 0 saturated carbocycles. The Balaban J connectivity index is 2.33. The number of anilines is 1. The molecule has 1 aromatic rings. The van der Waals surface area contributed by atoms with E-state index in [1.165, 1.54) is 12.4 Å². The maximum atomic E-state index is 11.5. The van der Waals surface area contributed by atoms with Crippen LogP contribution in [-0.4, -0.2) is 33.0 Å². The van der Waals surface area contributed by atoms with Gasteiger partial charge in [0.2, 0.25) is 11.9 Å². The first-order chi connectivity index (χ1) is 7.59. The van der Waals surface area contributed by atoms with Gasteiger partial charge in [0, 0.05) is 6.42 Å². The third-order valence-electron chi connectivity index (χ3n) is 2.32. The normalized spacial score (nSPS) is 20.2. The summed E-state index contributed by atoms with van der Waals surface area (Å²) in [4.78, 5) is 31.2. The van der Waals surface area contributed by atoms with Gasteiger partial charge in [0.05, 0.1) is 17.4 Å². The van der Waals surface area contributed by atoms with Crippen LogP contribution in [0.4, 0.5) is 5.95 Å². The van der Waals surface area contributed by atoms with Crippen molar-refractivity contribution in [2.75, 3.05) is 4.90 Å². The number of aromatic nitrogens is 2. The van der Waals surface area contributed by atoms with E-state index in [0.717, 1.165) is 4.90 Å². The summed E-state index contributed by atoms with van der Waals surface area (Å²) >= 11 is 5.61. The number of amides is 1. The minimum Gasteiger partial charge on any atom is -0.480 e. The molecule has 2 heterocycles. The molecular weight excluding hydrogens is 234 g/mol. The van der Waals surface area contributed by atoms with E-state index in [9.17, 15) is 9.59 Å². The van der Waals surface area contributed by atoms with Crippen molar-refractivity contribution in [3.8, 4) is 0 Å². The van der Waals surface area contributed by atoms with E-state index < -0.39 is 12.0 Å². The molecule has 1 aliphatic heterocycles. The van der Waals surface area contributed by atoms with Crippen LogP contribution in [0.3, 0.4) is 0 Å². The first-order valence-electron chi connectivity index (χ1n) is 4.62. The third-order valence-corrected chi connectivity index (χ3v) is 2.51. The van der Waals surface area contributed by atoms with Crippen molar-refractivity contribution in [1.29, 1.82) is 0 Å². The first-order valence-corrected chi connectivity index (χ1v) is 5.00. The lowest BCUT2D eigenvalue weighted by Gasteiger charge is -2.18. The van der Waals surface area contributed by atoms with Gasteiger partial charge in [-0.05, 0) is 6.42 Å². The van der Waals surface area contributed by atoms with E-state index in [0.29, 0.717) is 5.02 Å². The summed E-state index contributed by atoms with van der Waals surface area (Å²) in [6.07, 6.45) is 3.13. The fraction of sp³-hybridized carbons (Fsp3) is 0.333. The van der Waals surface area contributed by atoms with Crippen LogP contribution in [0.1, 0.15) is 12.8 Å². The van der Waals surface area contributed by atoms with Crippen LogP contribution >= 0.6 is 11.6 Å². The highest BCUT2D eigenvalue weighted by atomic mass is 35.5. The lowest BCUT2D eigenvalue weighted by atomic mass is 10.2. The molecule has 1 aromatic heterocycles. The number of carboxylic acid groups (broad SMARTS) is 1. The lowest BCUT2D eigenvalue weighted by molar-refractivity contribution is -0.138. The van der Waals surface area contributed by atoms with E-state index in [-0.39, 0.29) is 24.7 Å². The Kier molecular flexibility index (Phi) is 2.74. The fourth-order valence-electron chi connectivity index (χ4n) is 1.60. The van der Waals surface area contributed by atoms with Crippen molar-refractivity contribution in [2.45, 2.75) is 18.9 Å². The maximum Gasteiger partial charge on any atom is 0.326 e. The average molecular weight is 242 g/mol. The predicted molar refractivity (Wildman–Crippen MR) is 55.2 cm³/mol. The molecular formula is C9H8ClN3O3. The molecule has 16 heavy (non-hydrogen) atoms. The Morgan fingerprint density at radius 1 is 1.50 bits per heavy atom. The van der Waals surface area contributed by atoms with Crippen molar-refractivity contribution < 1.29 is 14.7 Å². The van der Waals surface area contributed by atoms with Crippen molar-refractivity contribution in [3.63, 3.8) is 0 Å². The first kappa shape index (κ1) is 10.8. The Bertz CT molecular complexity index is 434. The van der Waals surface area contributed by atoms with Gasteiger partial charge in [0.25, 0.3) is 0 Å². The van der Waals surface area contributed by atoms with Gasteiger partial charge < -0.3 is 5.11 Å². The molecule has 0 spiro atoms. The summed E-state index contributed by atoms with van der Waals surface area (Å²) in [5.74, 6) is -1.25. The number of halogens is 1. The van der Waals surface area contributed by atoms with Gasteiger partial charge in [-0.15, -0.1) is 0 Å². The highest BCUT2D eigenvalue weighted by Gasteiger charge is 2.38. The molecule has 1 saturated heterocycles. The van der Waals surface area contributed by atoms with E-state index in [1.807, 2.05) is 0 Å². The number of carbonyl (C=O) groups excluding carboxylic acids is 1. The van der Waals surface area contributed by atoms with Gasteiger partial charge in [-0.1, -0.05) is 11.6 Å². The summed E-state index contributed by atoms with van der Waals surface area (Å²) in [7, 11) is 0. The summed E-state index contributed by atoms with van der Waals surface area (Å²) < 4.78 is 0. The molecule has 1 amide bonds. The van der Waals surface area contributed by atoms with Gasteiger partial charge in [0.1, 0.15) is 6.04 Å². The molecule has 7 heteroatoms. The quantitative estimate of drug-likeness (QED) is 0.824. The van der Waals surface area contributed by atoms with Crippen LogP contribution in [0, 0.1) is 0 Å². The molecule has 0 unspecified atom stereocenters. The van der Waals surface area contributed by atoms with E-state index in [4.69, 9.17) is 16.7 Å². The number of carbonyl (C=O) groups is 2. The summed E-state index contributed by atoms with van der Waals surface area (Å²) in [5.41, 5.74) is 0. The zero-order valence-electron chi connectivity index (χ0n) is 8.13. The van der Waals surface area contributed by atoms with Crippen LogP contribution in [0.2, 0.25) is 5.02 Å². The van der Waals surface area contributed by atoms with Gasteiger partial charge in [-0.2, -0.15) is 0 Å². The topological polar surface area (TPSA) is 83.4 Å². The number of carboxylic acids is 1. The zero-order chi connectivity index (χ0) is 11.7. The lowest BCUT2D eigenvalue weighted by Crippen LogP contribution is -2.39. The SMILES string of the molecule is O=C(O)[C@@H]1CCC(=O)N1c1ncc(Cl)cn1. The third kappa shape index (κ3) is 1.83. The molecule has 0 aliphatic carbocycles. The smallest absolute Gasteiger partial charge is 0.326 e. The van der Waals surface area contributed by atoms with Crippen LogP contribution < -0.4 is 4.90 Å². The van der Waals surface area contributed by atoms with Gasteiger partial charge >= 0.3 is 5.97 Å². The van der Waals surface area contributed by atoms with Crippen molar-refractivity contribution in [1.82, 2.24) is 9.97 Å². The fourth-order valence-corrected chi connectivity index (χ4v) is 1.70. The largest absolute Gasteiger partial charge is 0.480 e. The van der Waals surface area contributed by atoms with Crippen molar-refractivity contribution in [2.24, 2.45) is 0 Å². The summed E-state index contributed by atoms with van der Waals surface area (Å²) in [5, 5.41) is 9.28. The number of nitrogens with zero attached hydrogens (tertiary/aromatic N) is 3. The van der Waals surface area contributed by atoms with Crippen molar-refractivity contribution >= 4 is 29.4 Å². The van der Waals surface area contributed by atoms with Gasteiger partial charge in [-0.3, -0.25) is 9.69 Å². The van der Waals surface area contributed by atoms with Gasteiger partial charge in [0.15, 0.2) is 0 Å². The average Bonchev–Trinajstić information content (AvgIpc) is 2.62. The standard InChI is InChI=1S/C9H8ClN3O3/c10-5-3-11-9(12-4-5)13-6(8(15)16)1-2-7(13)14/h3-4,6H,1-2H2,(H,15,16)/t6-/m0/s1. The second-order valence-corrected chi connectivity index (χ2v) is 3.79. The predicted octanol–water partition coefficient (Wildman–Crippen LogP) is 0.710. The van der Waals surface area contributed by atoms with Crippen molar-refractivity contribution in [3.05, 3.63) is 17.4 Å². The van der Waals surface area contributed by atoms with Crippen LogP contribution in [0.15, 0.2) is 12.4 Å². The Morgan fingerprint density at radius 2 is 2.12 bits per heavy atom. The van der Waals surface area contributed by atoms with Crippen LogP contribution in [-0.2, 0) is 9.59 Å². The molecule has 1 fully saturated rings. The minimum atomic E-state index is -1.05. The number of rotatable bonds is 2. The molecule has 0 bridgehead atoms. The number of hydrogen-bond donors (Lipinski definition) is 1. The monoisotopic (exact) mass is 241 g/mol. The number of aliphatic carboxylic acids is 1. The Labute approximate surface area is 95.9 Å². The second-order valence-electron chi connectivity index (χ2n) is 3.36. The van der Waals surface area contributed by atoms with E-state index in [2.05, 4.69) is 9.97 Å². The molecule has 1 N–H and O–H groups in total. The summed E-state index contributed by atoms with van der Waals surface area (Å²) in [6.45, 7) is 0. The number of hydrogen-bond acceptors (Lipinski definition) is 4. The maximum absolute atomic E-state index is 11.5. The highest BCUT2D eigenvalue weighted by Crippen LogP contribution is 2.23. The van der Waals surface area contributed by atoms with E-state index >= 15 is 0 Å². The molecule has 6 nitrogen and oxygen atoms in total. The van der Waals surface area contributed by atoms with Crippen LogP contribution in [0.5, 0.6) is 0 Å². The molecule has 84 valence electrons.